The molecule has 0 spiro atoms. The number of nitrogens with zero attached hydrogens (tertiary/aromatic N) is 3. The molecule has 0 N–H and O–H groups in total. The predicted molar refractivity (Wildman–Crippen MR) is 117 cm³/mol. The molecule has 1 aliphatic heterocycles. The fraction of sp³-hybridized carbons (Fsp3) is 0.625. The molecule has 164 valence electrons. The molecule has 1 aliphatic carbocycles. The Kier molecular flexibility index (Phi) is 6.95. The number of aryl methyl sites for hydroxylation is 2. The predicted octanol–water partition coefficient (Wildman–Crippen LogP) is 4.33. The van der Waals surface area contributed by atoms with Crippen LogP contribution in [0.5, 0.6) is 11.5 Å². The van der Waals surface area contributed by atoms with Gasteiger partial charge in [-0.1, -0.05) is 11.2 Å². The minimum absolute atomic E-state index is 0.338. The monoisotopic (exact) mass is 413 g/mol. The number of benzene rings is 1. The molecule has 6 heteroatoms. The van der Waals surface area contributed by atoms with Gasteiger partial charge in [0.05, 0.1) is 18.9 Å². The summed E-state index contributed by atoms with van der Waals surface area (Å²) >= 11 is 0. The second-order valence-corrected chi connectivity index (χ2v) is 8.72. The highest BCUT2D eigenvalue weighted by atomic mass is 16.5. The number of methoxy groups -OCH3 is 1. The molecule has 1 saturated heterocycles. The highest BCUT2D eigenvalue weighted by Gasteiger charge is 2.21. The second-order valence-electron chi connectivity index (χ2n) is 8.72. The van der Waals surface area contributed by atoms with Crippen LogP contribution in [-0.4, -0.2) is 54.3 Å². The van der Waals surface area contributed by atoms with Crippen molar-refractivity contribution >= 4 is 0 Å². The number of aromatic nitrogens is 1. The Morgan fingerprint density at radius 1 is 0.967 bits per heavy atom. The standard InChI is InChI=1S/C24H35N3O3/c1-18-22(19(2)30-25-18)17-27-12-6-11-26(13-14-27)16-20-9-10-23(28-3)24(15-20)29-21-7-4-5-8-21/h9-10,15,21H,4-8,11-14,16-17H2,1-3H3. The van der Waals surface area contributed by atoms with E-state index in [1.807, 2.05) is 13.8 Å². The lowest BCUT2D eigenvalue weighted by molar-refractivity contribution is 0.200. The molecule has 2 heterocycles. The quantitative estimate of drug-likeness (QED) is 0.673. The fourth-order valence-corrected chi connectivity index (χ4v) is 4.65. The summed E-state index contributed by atoms with van der Waals surface area (Å²) in [5.74, 6) is 2.69. The molecule has 0 radical (unpaired) electrons. The van der Waals surface area contributed by atoms with Crippen LogP contribution < -0.4 is 9.47 Å². The lowest BCUT2D eigenvalue weighted by atomic mass is 10.1. The van der Waals surface area contributed by atoms with Crippen LogP contribution in [0.2, 0.25) is 0 Å². The van der Waals surface area contributed by atoms with Gasteiger partial charge in [-0.2, -0.15) is 0 Å². The van der Waals surface area contributed by atoms with Crippen molar-refractivity contribution in [3.63, 3.8) is 0 Å². The molecule has 0 atom stereocenters. The van der Waals surface area contributed by atoms with Crippen LogP contribution in [0.15, 0.2) is 22.7 Å². The lowest BCUT2D eigenvalue weighted by Gasteiger charge is -2.22. The van der Waals surface area contributed by atoms with Gasteiger partial charge in [-0.15, -0.1) is 0 Å². The van der Waals surface area contributed by atoms with Crippen LogP contribution in [0.3, 0.4) is 0 Å². The molecule has 30 heavy (non-hydrogen) atoms. The highest BCUT2D eigenvalue weighted by molar-refractivity contribution is 5.43. The number of hydrogen-bond acceptors (Lipinski definition) is 6. The topological polar surface area (TPSA) is 51.0 Å². The zero-order chi connectivity index (χ0) is 20.9. The van der Waals surface area contributed by atoms with Crippen LogP contribution in [-0.2, 0) is 13.1 Å². The van der Waals surface area contributed by atoms with E-state index in [4.69, 9.17) is 14.0 Å². The molecule has 1 saturated carbocycles. The average molecular weight is 414 g/mol. The maximum atomic E-state index is 6.28. The Morgan fingerprint density at radius 2 is 1.70 bits per heavy atom. The van der Waals surface area contributed by atoms with Gasteiger partial charge in [0, 0.05) is 31.7 Å². The summed E-state index contributed by atoms with van der Waals surface area (Å²) in [6.45, 7) is 10.3. The first-order chi connectivity index (χ1) is 14.6. The van der Waals surface area contributed by atoms with Crippen molar-refractivity contribution in [2.24, 2.45) is 0 Å². The molecule has 2 aromatic rings. The SMILES string of the molecule is COc1ccc(CN2CCCN(Cc3c(C)noc3C)CC2)cc1OC1CCCC1. The minimum Gasteiger partial charge on any atom is -0.493 e. The van der Waals surface area contributed by atoms with Crippen molar-refractivity contribution in [3.8, 4) is 11.5 Å². The summed E-state index contributed by atoms with van der Waals surface area (Å²) in [5.41, 5.74) is 3.55. The molecule has 1 aromatic heterocycles. The van der Waals surface area contributed by atoms with Crippen LogP contribution in [0.1, 0.15) is 54.7 Å². The van der Waals surface area contributed by atoms with Crippen molar-refractivity contribution in [1.29, 1.82) is 0 Å². The van der Waals surface area contributed by atoms with E-state index >= 15 is 0 Å². The Hall–Kier alpha value is -2.05. The third kappa shape index (κ3) is 5.16. The molecule has 2 fully saturated rings. The zero-order valence-corrected chi connectivity index (χ0v) is 18.7. The summed E-state index contributed by atoms with van der Waals surface area (Å²) in [4.78, 5) is 5.07. The largest absolute Gasteiger partial charge is 0.493 e. The Bertz CT molecular complexity index is 810. The summed E-state index contributed by atoms with van der Waals surface area (Å²) in [7, 11) is 1.72. The van der Waals surface area contributed by atoms with E-state index in [0.29, 0.717) is 6.10 Å². The van der Waals surface area contributed by atoms with Crippen molar-refractivity contribution in [1.82, 2.24) is 15.0 Å². The van der Waals surface area contributed by atoms with Gasteiger partial charge < -0.3 is 14.0 Å². The van der Waals surface area contributed by atoms with Crippen LogP contribution in [0, 0.1) is 13.8 Å². The molecular formula is C24H35N3O3. The Labute approximate surface area is 180 Å². The van der Waals surface area contributed by atoms with E-state index in [1.54, 1.807) is 7.11 Å². The van der Waals surface area contributed by atoms with Gasteiger partial charge in [-0.3, -0.25) is 9.80 Å². The second kappa shape index (κ2) is 9.84. The minimum atomic E-state index is 0.338. The van der Waals surface area contributed by atoms with Gasteiger partial charge in [0.15, 0.2) is 11.5 Å². The number of rotatable bonds is 7. The summed E-state index contributed by atoms with van der Waals surface area (Å²) < 4.78 is 17.2. The zero-order valence-electron chi connectivity index (χ0n) is 18.7. The highest BCUT2D eigenvalue weighted by Crippen LogP contribution is 2.33. The van der Waals surface area contributed by atoms with Crippen LogP contribution in [0.4, 0.5) is 0 Å². The Balaban J connectivity index is 1.36. The molecule has 0 bridgehead atoms. The maximum Gasteiger partial charge on any atom is 0.161 e. The number of ether oxygens (including phenoxy) is 2. The van der Waals surface area contributed by atoms with E-state index in [0.717, 1.165) is 75.1 Å². The third-order valence-electron chi connectivity index (χ3n) is 6.47. The van der Waals surface area contributed by atoms with E-state index in [9.17, 15) is 0 Å². The van der Waals surface area contributed by atoms with Crippen molar-refractivity contribution in [3.05, 3.63) is 40.8 Å². The average Bonchev–Trinajstić information content (AvgIpc) is 3.29. The first-order valence-electron chi connectivity index (χ1n) is 11.3. The van der Waals surface area contributed by atoms with Crippen molar-refractivity contribution in [2.45, 2.75) is 65.1 Å². The fourth-order valence-electron chi connectivity index (χ4n) is 4.65. The normalized spacial score (nSPS) is 19.2. The van der Waals surface area contributed by atoms with E-state index in [2.05, 4.69) is 33.2 Å². The van der Waals surface area contributed by atoms with Crippen LogP contribution >= 0.6 is 0 Å². The Morgan fingerprint density at radius 3 is 2.37 bits per heavy atom. The van der Waals surface area contributed by atoms with Gasteiger partial charge in [0.25, 0.3) is 0 Å². The summed E-state index contributed by atoms with van der Waals surface area (Å²) in [5, 5.41) is 4.10. The molecule has 6 nitrogen and oxygen atoms in total. The first kappa shape index (κ1) is 21.2. The smallest absolute Gasteiger partial charge is 0.161 e. The molecule has 1 aromatic carbocycles. The maximum absolute atomic E-state index is 6.28. The van der Waals surface area contributed by atoms with Crippen molar-refractivity contribution in [2.75, 3.05) is 33.3 Å². The molecule has 0 amide bonds. The van der Waals surface area contributed by atoms with Crippen LogP contribution in [0.25, 0.3) is 0 Å². The first-order valence-corrected chi connectivity index (χ1v) is 11.3. The molecule has 2 aliphatic rings. The van der Waals surface area contributed by atoms with Gasteiger partial charge in [-0.25, -0.2) is 0 Å². The van der Waals surface area contributed by atoms with E-state index in [1.165, 1.54) is 30.4 Å². The summed E-state index contributed by atoms with van der Waals surface area (Å²) in [6, 6.07) is 6.41. The molecule has 4 rings (SSSR count). The van der Waals surface area contributed by atoms with Gasteiger partial charge in [0.2, 0.25) is 0 Å². The molecule has 0 unspecified atom stereocenters. The third-order valence-corrected chi connectivity index (χ3v) is 6.47. The van der Waals surface area contributed by atoms with Crippen molar-refractivity contribution < 1.29 is 14.0 Å². The van der Waals surface area contributed by atoms with Gasteiger partial charge in [0.1, 0.15) is 5.76 Å². The lowest BCUT2D eigenvalue weighted by Crippen LogP contribution is -2.30. The summed E-state index contributed by atoms with van der Waals surface area (Å²) in [6.07, 6.45) is 6.35. The van der Waals surface area contributed by atoms with Gasteiger partial charge in [-0.05, 0) is 76.7 Å². The molecular weight excluding hydrogens is 378 g/mol. The van der Waals surface area contributed by atoms with E-state index in [-0.39, 0.29) is 0 Å². The van der Waals surface area contributed by atoms with E-state index < -0.39 is 0 Å². The number of hydrogen-bond donors (Lipinski definition) is 0. The van der Waals surface area contributed by atoms with Gasteiger partial charge >= 0.3 is 0 Å².